The first kappa shape index (κ1) is 24.0. The van der Waals surface area contributed by atoms with E-state index in [1.165, 1.54) is 19.2 Å². The highest BCUT2D eigenvalue weighted by Crippen LogP contribution is 2.52. The number of carbonyl (C=O) groups is 1. The van der Waals surface area contributed by atoms with E-state index in [2.05, 4.69) is 31.2 Å². The lowest BCUT2D eigenvalue weighted by Crippen LogP contribution is -2.65. The Hall–Kier alpha value is -1.62. The molecule has 1 aromatic rings. The van der Waals surface area contributed by atoms with E-state index in [0.717, 1.165) is 6.92 Å². The number of aromatic nitrogens is 1. The van der Waals surface area contributed by atoms with Crippen LogP contribution < -0.4 is 5.32 Å². The third kappa shape index (κ3) is 4.35. The predicted octanol–water partition coefficient (Wildman–Crippen LogP) is 4.06. The van der Waals surface area contributed by atoms with E-state index in [-0.39, 0.29) is 11.4 Å². The van der Waals surface area contributed by atoms with Gasteiger partial charge in [0.05, 0.1) is 5.75 Å². The maximum absolute atomic E-state index is 15.1. The second-order valence-corrected chi connectivity index (χ2v) is 12.4. The number of halogens is 3. The summed E-state index contributed by atoms with van der Waals surface area (Å²) in [5.74, 6) is -2.42. The third-order valence-corrected chi connectivity index (χ3v) is 8.75. The highest BCUT2D eigenvalue weighted by Gasteiger charge is 2.66. The Morgan fingerprint density at radius 1 is 1.39 bits per heavy atom. The van der Waals surface area contributed by atoms with Crippen molar-refractivity contribution >= 4 is 37.7 Å². The van der Waals surface area contributed by atoms with Crippen molar-refractivity contribution in [3.63, 3.8) is 0 Å². The molecule has 1 aliphatic carbocycles. The molecule has 0 saturated heterocycles. The molecule has 0 aromatic carbocycles. The van der Waals surface area contributed by atoms with Crippen molar-refractivity contribution in [1.29, 1.82) is 0 Å². The molecule has 172 valence electrons. The first-order valence-corrected chi connectivity index (χ1v) is 12.3. The van der Waals surface area contributed by atoms with Crippen LogP contribution in [0.2, 0.25) is 0 Å². The van der Waals surface area contributed by atoms with Crippen LogP contribution >= 0.6 is 15.9 Å². The van der Waals surface area contributed by atoms with Crippen LogP contribution in [0.15, 0.2) is 21.7 Å². The summed E-state index contributed by atoms with van der Waals surface area (Å²) >= 11 is 3.21. The van der Waals surface area contributed by atoms with Crippen molar-refractivity contribution in [1.82, 2.24) is 10.3 Å². The maximum Gasteiger partial charge on any atom is 0.413 e. The minimum Gasteiger partial charge on any atom is -0.444 e. The largest absolute Gasteiger partial charge is 0.444 e. The molecule has 3 atom stereocenters. The van der Waals surface area contributed by atoms with E-state index in [1.807, 2.05) is 0 Å². The minimum absolute atomic E-state index is 0.0788. The zero-order valence-corrected chi connectivity index (χ0v) is 20.4. The Balaban J connectivity index is 2.22. The average molecular weight is 522 g/mol. The second-order valence-electron chi connectivity index (χ2n) is 9.30. The quantitative estimate of drug-likeness (QED) is 0.604. The number of rotatable bonds is 3. The fourth-order valence-electron chi connectivity index (χ4n) is 4.19. The van der Waals surface area contributed by atoms with Gasteiger partial charge in [-0.1, -0.05) is 0 Å². The minimum atomic E-state index is -4.23. The standard InChI is InChI=1S/C20H26BrF2N3O4S/c1-11(22)20(12-6-7-12)16(25-17(27)30-18(2,3)4)26-19(5,10-31(20,28)29)14-8-13(21)9-24-15(14)23/h8-9,11-12H,6-7,10H2,1-5H3,(H,25,26,27)/t11-,19+,20+/m1/s1. The molecule has 1 aliphatic heterocycles. The Bertz CT molecular complexity index is 1030. The summed E-state index contributed by atoms with van der Waals surface area (Å²) in [5, 5.41) is 2.40. The number of pyridine rings is 1. The molecule has 2 heterocycles. The molecule has 1 fully saturated rings. The molecule has 1 amide bonds. The van der Waals surface area contributed by atoms with E-state index in [0.29, 0.717) is 17.3 Å². The number of hydrogen-bond acceptors (Lipinski definition) is 6. The first-order valence-electron chi connectivity index (χ1n) is 9.90. The number of alkyl carbamates (subject to hydrolysis) is 1. The molecule has 0 spiro atoms. The third-order valence-electron chi connectivity index (χ3n) is 5.49. The lowest BCUT2D eigenvalue weighted by atomic mass is 9.91. The predicted molar refractivity (Wildman–Crippen MR) is 116 cm³/mol. The van der Waals surface area contributed by atoms with Gasteiger partial charge in [-0.05, 0) is 75.4 Å². The number of amidine groups is 1. The number of sulfone groups is 1. The van der Waals surface area contributed by atoms with Gasteiger partial charge < -0.3 is 4.74 Å². The van der Waals surface area contributed by atoms with Crippen molar-refractivity contribution in [2.75, 3.05) is 5.75 Å². The van der Waals surface area contributed by atoms with Crippen LogP contribution in [0.4, 0.5) is 13.6 Å². The van der Waals surface area contributed by atoms with Gasteiger partial charge in [0.25, 0.3) is 0 Å². The summed E-state index contributed by atoms with van der Waals surface area (Å²) in [5.41, 5.74) is -2.58. The average Bonchev–Trinajstić information content (AvgIpc) is 3.38. The zero-order chi connectivity index (χ0) is 23.4. The highest BCUT2D eigenvalue weighted by atomic mass is 79.9. The summed E-state index contributed by atoms with van der Waals surface area (Å²) in [6, 6.07) is 1.38. The molecular formula is C20H26BrF2N3O4S. The van der Waals surface area contributed by atoms with Gasteiger partial charge in [0.15, 0.2) is 14.6 Å². The molecule has 0 bridgehead atoms. The molecule has 2 aliphatic rings. The lowest BCUT2D eigenvalue weighted by molar-refractivity contribution is 0.0559. The SMILES string of the molecule is C[C@@H](F)[C@]1(C2CC2)C(NC(=O)OC(C)(C)C)=N[C@](C)(c2cc(Br)cnc2F)CS1(=O)=O. The molecule has 0 unspecified atom stereocenters. The zero-order valence-electron chi connectivity index (χ0n) is 18.0. The van der Waals surface area contributed by atoms with Gasteiger partial charge in [0, 0.05) is 16.2 Å². The second kappa shape index (κ2) is 7.75. The number of ether oxygens (including phenoxy) is 1. The molecule has 31 heavy (non-hydrogen) atoms. The molecule has 1 N–H and O–H groups in total. The number of nitrogens with one attached hydrogen (secondary N) is 1. The normalized spacial score (nSPS) is 29.1. The van der Waals surface area contributed by atoms with Crippen LogP contribution in [-0.4, -0.2) is 47.6 Å². The van der Waals surface area contributed by atoms with E-state index < -0.39 is 55.6 Å². The fraction of sp³-hybridized carbons (Fsp3) is 0.650. The van der Waals surface area contributed by atoms with E-state index in [1.54, 1.807) is 20.8 Å². The van der Waals surface area contributed by atoms with Crippen molar-refractivity contribution in [3.05, 3.63) is 28.2 Å². The Morgan fingerprint density at radius 2 is 2.00 bits per heavy atom. The van der Waals surface area contributed by atoms with Gasteiger partial charge in [-0.15, -0.1) is 0 Å². The molecule has 3 rings (SSSR count). The number of aliphatic imine (C=N–C) groups is 1. The summed E-state index contributed by atoms with van der Waals surface area (Å²) in [7, 11) is -4.23. The number of alkyl halides is 1. The summed E-state index contributed by atoms with van der Waals surface area (Å²) in [6.07, 6.45) is -0.614. The summed E-state index contributed by atoms with van der Waals surface area (Å²) < 4.78 is 60.6. The summed E-state index contributed by atoms with van der Waals surface area (Å²) in [6.45, 7) is 7.50. The van der Waals surface area contributed by atoms with Crippen LogP contribution in [0.25, 0.3) is 0 Å². The monoisotopic (exact) mass is 521 g/mol. The van der Waals surface area contributed by atoms with Crippen LogP contribution in [0.1, 0.15) is 53.0 Å². The molecule has 11 heteroatoms. The highest BCUT2D eigenvalue weighted by molar-refractivity contribution is 9.10. The van der Waals surface area contributed by atoms with Crippen LogP contribution in [0.3, 0.4) is 0 Å². The fourth-order valence-corrected chi connectivity index (χ4v) is 7.35. The van der Waals surface area contributed by atoms with Gasteiger partial charge in [-0.25, -0.2) is 22.6 Å². The lowest BCUT2D eigenvalue weighted by Gasteiger charge is -2.44. The van der Waals surface area contributed by atoms with Gasteiger partial charge in [-0.2, -0.15) is 4.39 Å². The van der Waals surface area contributed by atoms with Gasteiger partial charge in [0.1, 0.15) is 23.1 Å². The van der Waals surface area contributed by atoms with Crippen molar-refractivity contribution in [2.45, 2.75) is 69.5 Å². The van der Waals surface area contributed by atoms with E-state index in [9.17, 15) is 17.6 Å². The number of carbonyl (C=O) groups excluding carboxylic acids is 1. The van der Waals surface area contributed by atoms with Crippen molar-refractivity contribution in [3.8, 4) is 0 Å². The molecular weight excluding hydrogens is 496 g/mol. The van der Waals surface area contributed by atoms with Gasteiger partial charge in [0.2, 0.25) is 5.95 Å². The van der Waals surface area contributed by atoms with Crippen molar-refractivity contribution < 1.29 is 26.7 Å². The Labute approximate surface area is 189 Å². The molecule has 7 nitrogen and oxygen atoms in total. The molecule has 0 radical (unpaired) electrons. The Kier molecular flexibility index (Phi) is 6.01. The smallest absolute Gasteiger partial charge is 0.413 e. The number of nitrogens with zero attached hydrogens (tertiary/aromatic N) is 2. The van der Waals surface area contributed by atoms with Gasteiger partial charge >= 0.3 is 6.09 Å². The maximum atomic E-state index is 15.1. The first-order chi connectivity index (χ1) is 14.1. The van der Waals surface area contributed by atoms with E-state index >= 15 is 4.39 Å². The van der Waals surface area contributed by atoms with E-state index in [4.69, 9.17) is 4.74 Å². The van der Waals surface area contributed by atoms with Gasteiger partial charge in [-0.3, -0.25) is 10.3 Å². The number of hydrogen-bond donors (Lipinski definition) is 1. The summed E-state index contributed by atoms with van der Waals surface area (Å²) in [4.78, 5) is 20.6. The molecule has 1 aromatic heterocycles. The number of amides is 1. The van der Waals surface area contributed by atoms with Crippen LogP contribution in [-0.2, 0) is 20.1 Å². The van der Waals surface area contributed by atoms with Crippen LogP contribution in [0.5, 0.6) is 0 Å². The topological polar surface area (TPSA) is 97.7 Å². The molecule has 1 saturated carbocycles. The van der Waals surface area contributed by atoms with Crippen LogP contribution in [0, 0.1) is 11.9 Å². The van der Waals surface area contributed by atoms with Crippen molar-refractivity contribution in [2.24, 2.45) is 10.9 Å². The Morgan fingerprint density at radius 3 is 2.52 bits per heavy atom.